The van der Waals surface area contributed by atoms with Crippen molar-refractivity contribution in [3.63, 3.8) is 0 Å². The van der Waals surface area contributed by atoms with Gasteiger partial charge in [-0.1, -0.05) is 23.9 Å². The first-order valence-corrected chi connectivity index (χ1v) is 5.76. The minimum Gasteiger partial charge on any atom is -0.384 e. The lowest BCUT2D eigenvalue weighted by atomic mass is 10.1. The number of nitrogens with zero attached hydrogens (tertiary/aromatic N) is 2. The highest BCUT2D eigenvalue weighted by Gasteiger charge is 2.06. The summed E-state index contributed by atoms with van der Waals surface area (Å²) in [6, 6.07) is 4.51. The molecule has 0 amide bonds. The molecule has 0 fully saturated rings. The van der Waals surface area contributed by atoms with E-state index in [2.05, 4.69) is 15.2 Å². The number of aromatic nitrogens is 3. The molecule has 2 rings (SSSR count). The highest BCUT2D eigenvalue weighted by molar-refractivity contribution is 7.98. The number of nitrogen functional groups attached to an aromatic ring is 1. The summed E-state index contributed by atoms with van der Waals surface area (Å²) in [6.07, 6.45) is 1.40. The standard InChI is InChI=1S/C10H10FN5S/c11-8-3-6(9(12)13)1-2-7(8)4-17-10-14-5-15-16-10/h1-3,5H,4H2,(H3,12,13)(H,14,15,16). The van der Waals surface area contributed by atoms with Crippen molar-refractivity contribution < 1.29 is 4.39 Å². The summed E-state index contributed by atoms with van der Waals surface area (Å²) in [5.41, 5.74) is 6.20. The van der Waals surface area contributed by atoms with E-state index in [0.29, 0.717) is 22.0 Å². The van der Waals surface area contributed by atoms with E-state index in [1.54, 1.807) is 12.1 Å². The molecule has 0 atom stereocenters. The third-order valence-corrected chi connectivity index (χ3v) is 3.05. The fourth-order valence-corrected chi connectivity index (χ4v) is 2.01. The van der Waals surface area contributed by atoms with E-state index < -0.39 is 0 Å². The van der Waals surface area contributed by atoms with Gasteiger partial charge in [-0.3, -0.25) is 10.5 Å². The lowest BCUT2D eigenvalue weighted by Gasteiger charge is -2.04. The van der Waals surface area contributed by atoms with Crippen molar-refractivity contribution in [2.75, 3.05) is 0 Å². The Kier molecular flexibility index (Phi) is 3.38. The summed E-state index contributed by atoms with van der Waals surface area (Å²) >= 11 is 1.35. The van der Waals surface area contributed by atoms with E-state index in [1.807, 2.05) is 0 Å². The Labute approximate surface area is 101 Å². The number of hydrogen-bond acceptors (Lipinski definition) is 4. The van der Waals surface area contributed by atoms with Gasteiger partial charge in [-0.2, -0.15) is 5.10 Å². The summed E-state index contributed by atoms with van der Waals surface area (Å²) in [5.74, 6) is -0.0674. The summed E-state index contributed by atoms with van der Waals surface area (Å²) in [5, 5.41) is 14.2. The van der Waals surface area contributed by atoms with E-state index in [9.17, 15) is 4.39 Å². The number of nitrogens with one attached hydrogen (secondary N) is 2. The van der Waals surface area contributed by atoms with Crippen LogP contribution in [0.3, 0.4) is 0 Å². The maximum Gasteiger partial charge on any atom is 0.183 e. The predicted octanol–water partition coefficient (Wildman–Crippen LogP) is 1.52. The molecule has 88 valence electrons. The van der Waals surface area contributed by atoms with Crippen LogP contribution in [0.4, 0.5) is 4.39 Å². The fourth-order valence-electron chi connectivity index (χ4n) is 1.24. The molecule has 0 bridgehead atoms. The van der Waals surface area contributed by atoms with Crippen LogP contribution in [0.25, 0.3) is 0 Å². The zero-order chi connectivity index (χ0) is 12.3. The first-order chi connectivity index (χ1) is 8.16. The van der Waals surface area contributed by atoms with Crippen LogP contribution in [-0.2, 0) is 5.75 Å². The number of aromatic amines is 1. The van der Waals surface area contributed by atoms with E-state index in [4.69, 9.17) is 11.1 Å². The molecule has 1 heterocycles. The molecular weight excluding hydrogens is 241 g/mol. The van der Waals surface area contributed by atoms with Crippen LogP contribution in [0.2, 0.25) is 0 Å². The van der Waals surface area contributed by atoms with Gasteiger partial charge in [0.1, 0.15) is 18.0 Å². The van der Waals surface area contributed by atoms with E-state index >= 15 is 0 Å². The second kappa shape index (κ2) is 4.96. The molecule has 17 heavy (non-hydrogen) atoms. The predicted molar refractivity (Wildman–Crippen MR) is 63.4 cm³/mol. The van der Waals surface area contributed by atoms with Gasteiger partial charge in [0.25, 0.3) is 0 Å². The summed E-state index contributed by atoms with van der Waals surface area (Å²) in [4.78, 5) is 3.93. The molecule has 4 N–H and O–H groups in total. The van der Waals surface area contributed by atoms with Crippen molar-refractivity contribution in [2.45, 2.75) is 10.9 Å². The Bertz CT molecular complexity index is 525. The third-order valence-electron chi connectivity index (χ3n) is 2.12. The van der Waals surface area contributed by atoms with Crippen molar-refractivity contribution in [3.8, 4) is 0 Å². The zero-order valence-electron chi connectivity index (χ0n) is 8.77. The molecule has 5 nitrogen and oxygen atoms in total. The number of rotatable bonds is 4. The molecule has 0 spiro atoms. The Hall–Kier alpha value is -1.89. The molecule has 7 heteroatoms. The maximum absolute atomic E-state index is 13.6. The van der Waals surface area contributed by atoms with Gasteiger partial charge in [0.2, 0.25) is 0 Å². The van der Waals surface area contributed by atoms with Gasteiger partial charge in [-0.25, -0.2) is 9.37 Å². The summed E-state index contributed by atoms with van der Waals surface area (Å²) in [7, 11) is 0. The Morgan fingerprint density at radius 1 is 1.53 bits per heavy atom. The van der Waals surface area contributed by atoms with Gasteiger partial charge in [-0.15, -0.1) is 0 Å². The highest BCUT2D eigenvalue weighted by Crippen LogP contribution is 2.20. The highest BCUT2D eigenvalue weighted by atomic mass is 32.2. The topological polar surface area (TPSA) is 91.4 Å². The minimum atomic E-state index is -0.371. The van der Waals surface area contributed by atoms with Crippen LogP contribution in [0.5, 0.6) is 0 Å². The number of amidine groups is 1. The zero-order valence-corrected chi connectivity index (χ0v) is 9.59. The van der Waals surface area contributed by atoms with Gasteiger partial charge in [0.05, 0.1) is 0 Å². The molecule has 1 aromatic heterocycles. The Balaban J connectivity index is 2.09. The van der Waals surface area contributed by atoms with Crippen molar-refractivity contribution in [1.29, 1.82) is 5.41 Å². The molecule has 0 saturated heterocycles. The summed E-state index contributed by atoms with van der Waals surface area (Å²) in [6.45, 7) is 0. The van der Waals surface area contributed by atoms with Crippen LogP contribution in [0.1, 0.15) is 11.1 Å². The molecule has 0 radical (unpaired) electrons. The monoisotopic (exact) mass is 251 g/mol. The smallest absolute Gasteiger partial charge is 0.183 e. The van der Waals surface area contributed by atoms with Crippen molar-refractivity contribution >= 4 is 17.6 Å². The van der Waals surface area contributed by atoms with Gasteiger partial charge in [0, 0.05) is 11.3 Å². The normalized spacial score (nSPS) is 10.4. The second-order valence-electron chi connectivity index (χ2n) is 3.30. The SMILES string of the molecule is N=C(N)c1ccc(CSc2ncn[nH]2)c(F)c1. The average molecular weight is 251 g/mol. The van der Waals surface area contributed by atoms with Gasteiger partial charge >= 0.3 is 0 Å². The Morgan fingerprint density at radius 2 is 2.35 bits per heavy atom. The fraction of sp³-hybridized carbons (Fsp3) is 0.100. The van der Waals surface area contributed by atoms with Gasteiger partial charge < -0.3 is 5.73 Å². The first kappa shape index (κ1) is 11.6. The molecule has 0 saturated carbocycles. The minimum absolute atomic E-state index is 0.140. The van der Waals surface area contributed by atoms with Crippen LogP contribution in [0.15, 0.2) is 29.7 Å². The quantitative estimate of drug-likeness (QED) is 0.436. The first-order valence-electron chi connectivity index (χ1n) is 4.78. The van der Waals surface area contributed by atoms with E-state index in [-0.39, 0.29) is 11.7 Å². The molecule has 1 aromatic carbocycles. The molecule has 0 aliphatic heterocycles. The lowest BCUT2D eigenvalue weighted by Crippen LogP contribution is -2.11. The molecule has 0 aliphatic carbocycles. The van der Waals surface area contributed by atoms with Crippen LogP contribution < -0.4 is 5.73 Å². The number of halogens is 1. The van der Waals surface area contributed by atoms with Gasteiger partial charge in [-0.05, 0) is 11.6 Å². The number of benzene rings is 1. The largest absolute Gasteiger partial charge is 0.384 e. The maximum atomic E-state index is 13.6. The van der Waals surface area contributed by atoms with Crippen molar-refractivity contribution in [2.24, 2.45) is 5.73 Å². The van der Waals surface area contributed by atoms with Gasteiger partial charge in [0.15, 0.2) is 5.16 Å². The van der Waals surface area contributed by atoms with Crippen molar-refractivity contribution in [1.82, 2.24) is 15.2 Å². The molecular formula is C10H10FN5S. The molecule has 0 unspecified atom stereocenters. The molecule has 0 aliphatic rings. The number of H-pyrrole nitrogens is 1. The number of hydrogen-bond donors (Lipinski definition) is 3. The van der Waals surface area contributed by atoms with Crippen molar-refractivity contribution in [3.05, 3.63) is 41.5 Å². The number of nitrogens with two attached hydrogens (primary N) is 1. The third kappa shape index (κ3) is 2.82. The van der Waals surface area contributed by atoms with Crippen LogP contribution in [-0.4, -0.2) is 21.0 Å². The van der Waals surface area contributed by atoms with Crippen LogP contribution in [0, 0.1) is 11.2 Å². The van der Waals surface area contributed by atoms with E-state index in [0.717, 1.165) is 0 Å². The average Bonchev–Trinajstić information content (AvgIpc) is 2.80. The lowest BCUT2D eigenvalue weighted by molar-refractivity contribution is 0.617. The van der Waals surface area contributed by atoms with Crippen LogP contribution >= 0.6 is 11.8 Å². The molecule has 2 aromatic rings. The Morgan fingerprint density at radius 3 is 2.94 bits per heavy atom. The summed E-state index contributed by atoms with van der Waals surface area (Å²) < 4.78 is 13.6. The number of thioether (sulfide) groups is 1. The second-order valence-corrected chi connectivity index (χ2v) is 4.26. The van der Waals surface area contributed by atoms with E-state index in [1.165, 1.54) is 24.2 Å².